The molecule has 1 heterocycles. The van der Waals surface area contributed by atoms with Crippen LogP contribution >= 0.6 is 28.3 Å². The van der Waals surface area contributed by atoms with Crippen LogP contribution in [0.1, 0.15) is 31.7 Å². The van der Waals surface area contributed by atoms with Crippen molar-refractivity contribution in [1.82, 2.24) is 10.2 Å². The maximum absolute atomic E-state index is 12.8. The number of likely N-dealkylation sites (tertiary alicyclic amines) is 1. The third-order valence-corrected chi connectivity index (χ3v) is 5.18. The number of carbonyl (C=O) groups is 1. The fourth-order valence-corrected chi connectivity index (χ4v) is 3.45. The van der Waals surface area contributed by atoms with Crippen LogP contribution < -0.4 is 5.32 Å². The molecule has 0 saturated carbocycles. The Morgan fingerprint density at radius 3 is 2.82 bits per heavy atom. The number of likely N-dealkylation sites (N-methyl/N-ethyl adjacent to an activating group) is 1. The summed E-state index contributed by atoms with van der Waals surface area (Å²) in [7, 11) is 1.98. The topological polar surface area (TPSA) is 32.3 Å². The predicted octanol–water partition coefficient (Wildman–Crippen LogP) is 3.65. The van der Waals surface area contributed by atoms with Gasteiger partial charge in [0.05, 0.1) is 0 Å². The molecule has 5 heteroatoms. The Hall–Kier alpha value is -0.580. The minimum atomic E-state index is 0. The molecule has 1 amide bonds. The van der Waals surface area contributed by atoms with Crippen LogP contribution in [-0.4, -0.2) is 37.0 Å². The largest absolute Gasteiger partial charge is 0.341 e. The van der Waals surface area contributed by atoms with E-state index < -0.39 is 0 Å². The van der Waals surface area contributed by atoms with E-state index in [4.69, 9.17) is 0 Å². The van der Waals surface area contributed by atoms with Gasteiger partial charge in [-0.2, -0.15) is 0 Å². The van der Waals surface area contributed by atoms with Crippen molar-refractivity contribution in [3.63, 3.8) is 0 Å². The number of nitrogens with one attached hydrogen (secondary N) is 1. The molecular formula is C17H26BrClN2O. The molecule has 1 N–H and O–H groups in total. The van der Waals surface area contributed by atoms with Gasteiger partial charge in [-0.15, -0.1) is 12.4 Å². The summed E-state index contributed by atoms with van der Waals surface area (Å²) in [5.74, 6) is 0.396. The molecule has 3 nitrogen and oxygen atoms in total. The molecular weight excluding hydrogens is 364 g/mol. The molecule has 0 bridgehead atoms. The quantitative estimate of drug-likeness (QED) is 0.833. The van der Waals surface area contributed by atoms with Gasteiger partial charge in [-0.25, -0.2) is 0 Å². The van der Waals surface area contributed by atoms with Crippen LogP contribution in [0.15, 0.2) is 28.7 Å². The second-order valence-electron chi connectivity index (χ2n) is 5.81. The van der Waals surface area contributed by atoms with E-state index in [9.17, 15) is 4.79 Å². The maximum atomic E-state index is 12.8. The summed E-state index contributed by atoms with van der Waals surface area (Å²) in [6, 6.07) is 8.65. The minimum absolute atomic E-state index is 0. The molecule has 124 valence electrons. The summed E-state index contributed by atoms with van der Waals surface area (Å²) in [6.07, 6.45) is 3.97. The average Bonchev–Trinajstić information content (AvgIpc) is 2.53. The van der Waals surface area contributed by atoms with Crippen LogP contribution in [-0.2, 0) is 11.2 Å². The first kappa shape index (κ1) is 19.5. The maximum Gasteiger partial charge on any atom is 0.226 e. The molecule has 1 aliphatic rings. The predicted molar refractivity (Wildman–Crippen MR) is 97.5 cm³/mol. The van der Waals surface area contributed by atoms with Crippen LogP contribution in [0.5, 0.6) is 0 Å². The first-order valence-electron chi connectivity index (χ1n) is 7.85. The van der Waals surface area contributed by atoms with Crippen molar-refractivity contribution in [2.45, 2.75) is 38.6 Å². The van der Waals surface area contributed by atoms with Crippen LogP contribution in [0, 0.1) is 5.92 Å². The van der Waals surface area contributed by atoms with Gasteiger partial charge in [0.2, 0.25) is 5.91 Å². The van der Waals surface area contributed by atoms with Crippen molar-refractivity contribution in [3.05, 3.63) is 34.3 Å². The summed E-state index contributed by atoms with van der Waals surface area (Å²) in [5.41, 5.74) is 1.22. The lowest BCUT2D eigenvalue weighted by Gasteiger charge is -2.34. The third kappa shape index (κ3) is 4.97. The van der Waals surface area contributed by atoms with E-state index in [1.807, 2.05) is 25.2 Å². The Morgan fingerprint density at radius 1 is 1.45 bits per heavy atom. The number of carbonyl (C=O) groups excluding carboxylic acids is 1. The van der Waals surface area contributed by atoms with Crippen LogP contribution in [0.3, 0.4) is 0 Å². The van der Waals surface area contributed by atoms with E-state index in [1.165, 1.54) is 12.0 Å². The lowest BCUT2D eigenvalue weighted by atomic mass is 9.94. The SMILES string of the molecule is CCC(Cc1ccccc1Br)C(=O)N1CCCC(NC)C1.Cl. The molecule has 1 aromatic rings. The first-order valence-corrected chi connectivity index (χ1v) is 8.64. The Labute approximate surface area is 148 Å². The number of hydrogen-bond acceptors (Lipinski definition) is 2. The van der Waals surface area contributed by atoms with Gasteiger partial charge in [0.15, 0.2) is 0 Å². The molecule has 2 unspecified atom stereocenters. The van der Waals surface area contributed by atoms with E-state index in [0.29, 0.717) is 11.9 Å². The Bertz CT molecular complexity index is 483. The highest BCUT2D eigenvalue weighted by Gasteiger charge is 2.27. The minimum Gasteiger partial charge on any atom is -0.341 e. The van der Waals surface area contributed by atoms with Crippen molar-refractivity contribution in [3.8, 4) is 0 Å². The Morgan fingerprint density at radius 2 is 2.18 bits per heavy atom. The van der Waals surface area contributed by atoms with Gasteiger partial charge in [-0.05, 0) is 44.4 Å². The third-order valence-electron chi connectivity index (χ3n) is 4.41. The number of hydrogen-bond donors (Lipinski definition) is 1. The second-order valence-corrected chi connectivity index (χ2v) is 6.67. The molecule has 1 fully saturated rings. The summed E-state index contributed by atoms with van der Waals surface area (Å²) in [5, 5.41) is 3.30. The van der Waals surface area contributed by atoms with Crippen molar-refractivity contribution in [2.24, 2.45) is 5.92 Å². The van der Waals surface area contributed by atoms with Crippen molar-refractivity contribution >= 4 is 34.2 Å². The standard InChI is InChI=1S/C17H25BrN2O.ClH/c1-3-13(11-14-7-4-5-9-16(14)18)17(21)20-10-6-8-15(12-20)19-2;/h4-5,7,9,13,15,19H,3,6,8,10-12H2,1-2H3;1H. The second kappa shape index (κ2) is 9.53. The molecule has 1 aromatic carbocycles. The van der Waals surface area contributed by atoms with Gasteiger partial charge in [0.1, 0.15) is 0 Å². The number of piperidine rings is 1. The zero-order valence-electron chi connectivity index (χ0n) is 13.3. The molecule has 0 radical (unpaired) electrons. The zero-order chi connectivity index (χ0) is 15.2. The summed E-state index contributed by atoms with van der Waals surface area (Å²) in [6.45, 7) is 3.87. The van der Waals surface area contributed by atoms with Crippen LogP contribution in [0.4, 0.5) is 0 Å². The Balaban J connectivity index is 0.00000242. The zero-order valence-corrected chi connectivity index (χ0v) is 15.8. The first-order chi connectivity index (χ1) is 10.2. The summed E-state index contributed by atoms with van der Waals surface area (Å²) >= 11 is 3.58. The normalized spacial score (nSPS) is 19.4. The molecule has 1 aliphatic heterocycles. The number of rotatable bonds is 5. The van der Waals surface area contributed by atoms with Crippen molar-refractivity contribution in [1.29, 1.82) is 0 Å². The molecule has 0 aromatic heterocycles. The van der Waals surface area contributed by atoms with Gasteiger partial charge in [-0.1, -0.05) is 41.1 Å². The van der Waals surface area contributed by atoms with Gasteiger partial charge in [0.25, 0.3) is 0 Å². The van der Waals surface area contributed by atoms with Gasteiger partial charge in [0, 0.05) is 29.5 Å². The number of halogens is 2. The van der Waals surface area contributed by atoms with E-state index in [2.05, 4.69) is 39.1 Å². The Kier molecular flexibility index (Phi) is 8.44. The fourth-order valence-electron chi connectivity index (χ4n) is 3.01. The average molecular weight is 390 g/mol. The number of benzene rings is 1. The fraction of sp³-hybridized carbons (Fsp3) is 0.588. The van der Waals surface area contributed by atoms with E-state index in [1.54, 1.807) is 0 Å². The highest BCUT2D eigenvalue weighted by molar-refractivity contribution is 9.10. The molecule has 2 atom stereocenters. The molecule has 1 saturated heterocycles. The molecule has 0 spiro atoms. The monoisotopic (exact) mass is 388 g/mol. The molecule has 2 rings (SSSR count). The highest BCUT2D eigenvalue weighted by Crippen LogP contribution is 2.23. The lowest BCUT2D eigenvalue weighted by Crippen LogP contribution is -2.49. The molecule has 22 heavy (non-hydrogen) atoms. The summed E-state index contributed by atoms with van der Waals surface area (Å²) in [4.78, 5) is 14.8. The van der Waals surface area contributed by atoms with Crippen LogP contribution in [0.2, 0.25) is 0 Å². The van der Waals surface area contributed by atoms with E-state index in [0.717, 1.165) is 36.8 Å². The number of nitrogens with zero attached hydrogens (tertiary/aromatic N) is 1. The highest BCUT2D eigenvalue weighted by atomic mass is 79.9. The van der Waals surface area contributed by atoms with E-state index in [-0.39, 0.29) is 18.3 Å². The van der Waals surface area contributed by atoms with Crippen molar-refractivity contribution in [2.75, 3.05) is 20.1 Å². The lowest BCUT2D eigenvalue weighted by molar-refractivity contribution is -0.137. The summed E-state index contributed by atoms with van der Waals surface area (Å²) < 4.78 is 1.10. The van der Waals surface area contributed by atoms with Crippen molar-refractivity contribution < 1.29 is 4.79 Å². The number of amides is 1. The van der Waals surface area contributed by atoms with Crippen LogP contribution in [0.25, 0.3) is 0 Å². The van der Waals surface area contributed by atoms with Gasteiger partial charge in [-0.3, -0.25) is 4.79 Å². The van der Waals surface area contributed by atoms with E-state index >= 15 is 0 Å². The van der Waals surface area contributed by atoms with Gasteiger partial charge < -0.3 is 10.2 Å². The smallest absolute Gasteiger partial charge is 0.226 e. The van der Waals surface area contributed by atoms with Gasteiger partial charge >= 0.3 is 0 Å². The molecule has 0 aliphatic carbocycles.